The summed E-state index contributed by atoms with van der Waals surface area (Å²) in [4.78, 5) is 22.1. The van der Waals surface area contributed by atoms with Gasteiger partial charge < -0.3 is 19.5 Å². The molecule has 22 heavy (non-hydrogen) atoms. The lowest BCUT2D eigenvalue weighted by molar-refractivity contribution is -0.139. The Labute approximate surface area is 129 Å². The Balaban J connectivity index is 1.71. The van der Waals surface area contributed by atoms with E-state index < -0.39 is 5.97 Å². The smallest absolute Gasteiger partial charge is 0.307 e. The van der Waals surface area contributed by atoms with E-state index in [-0.39, 0.29) is 11.3 Å². The van der Waals surface area contributed by atoms with Crippen LogP contribution < -0.4 is 9.64 Å². The number of hydrogen-bond acceptors (Lipinski definition) is 6. The van der Waals surface area contributed by atoms with E-state index in [2.05, 4.69) is 14.9 Å². The van der Waals surface area contributed by atoms with Crippen molar-refractivity contribution in [3.8, 4) is 5.88 Å². The maximum Gasteiger partial charge on any atom is 0.307 e. The number of ether oxygens (including phenoxy) is 2. The third-order valence-electron chi connectivity index (χ3n) is 4.79. The first kappa shape index (κ1) is 15.0. The monoisotopic (exact) mass is 307 g/mol. The summed E-state index contributed by atoms with van der Waals surface area (Å²) in [5.41, 5.74) is 0.0226. The van der Waals surface area contributed by atoms with Crippen LogP contribution in [0.1, 0.15) is 25.1 Å². The van der Waals surface area contributed by atoms with E-state index in [0.717, 1.165) is 38.2 Å². The molecule has 7 nitrogen and oxygen atoms in total. The zero-order valence-corrected chi connectivity index (χ0v) is 12.9. The Morgan fingerprint density at radius 1 is 1.41 bits per heavy atom. The molecule has 2 heterocycles. The molecule has 7 heteroatoms. The number of carbonyl (C=O) groups is 1. The van der Waals surface area contributed by atoms with E-state index in [9.17, 15) is 4.79 Å². The summed E-state index contributed by atoms with van der Waals surface area (Å²) in [5.74, 6) is 1.12. The molecule has 0 radical (unpaired) electrons. The Morgan fingerprint density at radius 2 is 2.14 bits per heavy atom. The molecule has 1 N–H and O–H groups in total. The van der Waals surface area contributed by atoms with Gasteiger partial charge in [0.2, 0.25) is 5.88 Å². The molecule has 120 valence electrons. The molecule has 1 unspecified atom stereocenters. The molecular weight excluding hydrogens is 286 g/mol. The maximum atomic E-state index is 11.1. The average Bonchev–Trinajstić information content (AvgIpc) is 3.22. The van der Waals surface area contributed by atoms with Crippen LogP contribution in [-0.2, 0) is 16.1 Å². The summed E-state index contributed by atoms with van der Waals surface area (Å²) in [6.07, 6.45) is 2.62. The standard InChI is InChI=1S/C15H21N3O4/c1-21-9-11-16-12(7-13(17-11)22-2)18-5-3-15(4-6-18)8-10(15)14(19)20/h7,10H,3-6,8-9H2,1-2H3,(H,19,20). The van der Waals surface area contributed by atoms with Gasteiger partial charge in [-0.2, -0.15) is 4.98 Å². The first-order valence-corrected chi connectivity index (χ1v) is 7.46. The van der Waals surface area contributed by atoms with Crippen LogP contribution in [0.4, 0.5) is 5.82 Å². The van der Waals surface area contributed by atoms with E-state index in [1.807, 2.05) is 6.07 Å². The highest BCUT2D eigenvalue weighted by Crippen LogP contribution is 2.59. The second-order valence-electron chi connectivity index (χ2n) is 6.06. The van der Waals surface area contributed by atoms with Gasteiger partial charge in [-0.3, -0.25) is 4.79 Å². The van der Waals surface area contributed by atoms with Crippen molar-refractivity contribution in [2.75, 3.05) is 32.2 Å². The van der Waals surface area contributed by atoms with E-state index in [1.54, 1.807) is 14.2 Å². The van der Waals surface area contributed by atoms with Crippen LogP contribution in [-0.4, -0.2) is 48.4 Å². The molecule has 0 amide bonds. The summed E-state index contributed by atoms with van der Waals surface area (Å²) in [6.45, 7) is 1.97. The highest BCUT2D eigenvalue weighted by Gasteiger charge is 2.58. The van der Waals surface area contributed by atoms with Crippen LogP contribution in [0.5, 0.6) is 5.88 Å². The lowest BCUT2D eigenvalue weighted by Gasteiger charge is -2.33. The quantitative estimate of drug-likeness (QED) is 0.878. The average molecular weight is 307 g/mol. The van der Waals surface area contributed by atoms with Crippen LogP contribution in [0.3, 0.4) is 0 Å². The summed E-state index contributed by atoms with van der Waals surface area (Å²) < 4.78 is 10.3. The number of piperidine rings is 1. The van der Waals surface area contributed by atoms with E-state index >= 15 is 0 Å². The third kappa shape index (κ3) is 2.72. The molecule has 1 aromatic heterocycles. The van der Waals surface area contributed by atoms with Gasteiger partial charge in [-0.15, -0.1) is 0 Å². The van der Waals surface area contributed by atoms with Crippen molar-refractivity contribution in [2.45, 2.75) is 25.9 Å². The number of hydrogen-bond donors (Lipinski definition) is 1. The van der Waals surface area contributed by atoms with Crippen LogP contribution >= 0.6 is 0 Å². The minimum absolute atomic E-state index is 0.0226. The van der Waals surface area contributed by atoms with Gasteiger partial charge >= 0.3 is 5.97 Å². The van der Waals surface area contributed by atoms with Crippen molar-refractivity contribution >= 4 is 11.8 Å². The van der Waals surface area contributed by atoms with Crippen molar-refractivity contribution < 1.29 is 19.4 Å². The van der Waals surface area contributed by atoms with Gasteiger partial charge in [0.25, 0.3) is 0 Å². The second-order valence-corrected chi connectivity index (χ2v) is 6.06. The number of nitrogens with zero attached hydrogens (tertiary/aromatic N) is 3. The number of aliphatic carboxylic acids is 1. The summed E-state index contributed by atoms with van der Waals surface area (Å²) in [5, 5.41) is 9.15. The molecule has 1 saturated carbocycles. The van der Waals surface area contributed by atoms with Crippen LogP contribution in [0.25, 0.3) is 0 Å². The van der Waals surface area contributed by atoms with Gasteiger partial charge in [-0.05, 0) is 24.7 Å². The van der Waals surface area contributed by atoms with Crippen molar-refractivity contribution in [2.24, 2.45) is 11.3 Å². The third-order valence-corrected chi connectivity index (χ3v) is 4.79. The molecular formula is C15H21N3O4. The fourth-order valence-electron chi connectivity index (χ4n) is 3.35. The van der Waals surface area contributed by atoms with Crippen LogP contribution in [0.2, 0.25) is 0 Å². The number of methoxy groups -OCH3 is 2. The van der Waals surface area contributed by atoms with E-state index in [0.29, 0.717) is 18.3 Å². The minimum Gasteiger partial charge on any atom is -0.481 e. The molecule has 3 rings (SSSR count). The summed E-state index contributed by atoms with van der Waals surface area (Å²) in [6, 6.07) is 1.82. The molecule has 1 aromatic rings. The molecule has 1 aliphatic heterocycles. The highest BCUT2D eigenvalue weighted by molar-refractivity contribution is 5.75. The first-order chi connectivity index (χ1) is 10.6. The Kier molecular flexibility index (Phi) is 3.90. The Bertz CT molecular complexity index is 570. The number of anilines is 1. The lowest BCUT2D eigenvalue weighted by Crippen LogP contribution is -2.36. The number of aromatic nitrogens is 2. The number of rotatable bonds is 5. The topological polar surface area (TPSA) is 84.8 Å². The molecule has 2 aliphatic rings. The molecule has 0 bridgehead atoms. The van der Waals surface area contributed by atoms with Crippen LogP contribution in [0, 0.1) is 11.3 Å². The molecule has 2 fully saturated rings. The van der Waals surface area contributed by atoms with E-state index in [1.165, 1.54) is 0 Å². The minimum atomic E-state index is -0.653. The van der Waals surface area contributed by atoms with Crippen molar-refractivity contribution in [3.63, 3.8) is 0 Å². The van der Waals surface area contributed by atoms with Gasteiger partial charge in [0, 0.05) is 26.3 Å². The van der Waals surface area contributed by atoms with Gasteiger partial charge in [-0.1, -0.05) is 0 Å². The predicted octanol–water partition coefficient (Wildman–Crippen LogP) is 1.32. The largest absolute Gasteiger partial charge is 0.481 e. The van der Waals surface area contributed by atoms with Crippen molar-refractivity contribution in [1.29, 1.82) is 0 Å². The first-order valence-electron chi connectivity index (χ1n) is 7.46. The van der Waals surface area contributed by atoms with Crippen LogP contribution in [0.15, 0.2) is 6.07 Å². The van der Waals surface area contributed by atoms with E-state index in [4.69, 9.17) is 14.6 Å². The molecule has 1 atom stereocenters. The summed E-state index contributed by atoms with van der Waals surface area (Å²) >= 11 is 0. The molecule has 1 saturated heterocycles. The van der Waals surface area contributed by atoms with Gasteiger partial charge in [0.1, 0.15) is 12.4 Å². The molecule has 1 spiro atoms. The fraction of sp³-hybridized carbons (Fsp3) is 0.667. The maximum absolute atomic E-state index is 11.1. The second kappa shape index (κ2) is 5.72. The zero-order chi connectivity index (χ0) is 15.7. The van der Waals surface area contributed by atoms with Crippen molar-refractivity contribution in [1.82, 2.24) is 9.97 Å². The molecule has 1 aliphatic carbocycles. The lowest BCUT2D eigenvalue weighted by atomic mass is 9.91. The molecule has 0 aromatic carbocycles. The number of carboxylic acids is 1. The Hall–Kier alpha value is -1.89. The predicted molar refractivity (Wildman–Crippen MR) is 78.9 cm³/mol. The fourth-order valence-corrected chi connectivity index (χ4v) is 3.35. The van der Waals surface area contributed by atoms with Gasteiger partial charge in [0.15, 0.2) is 5.82 Å². The van der Waals surface area contributed by atoms with Gasteiger partial charge in [-0.25, -0.2) is 4.98 Å². The SMILES string of the molecule is COCc1nc(OC)cc(N2CCC3(CC2)CC3C(=O)O)n1. The highest BCUT2D eigenvalue weighted by atomic mass is 16.5. The normalized spacial score (nSPS) is 22.6. The number of carboxylic acid groups (broad SMARTS) is 1. The summed E-state index contributed by atoms with van der Waals surface area (Å²) in [7, 11) is 3.18. The van der Waals surface area contributed by atoms with Crippen molar-refractivity contribution in [3.05, 3.63) is 11.9 Å². The Morgan fingerprint density at radius 3 is 2.68 bits per heavy atom. The van der Waals surface area contributed by atoms with Gasteiger partial charge in [0.05, 0.1) is 13.0 Å². The zero-order valence-electron chi connectivity index (χ0n) is 12.9.